The van der Waals surface area contributed by atoms with Crippen LogP contribution in [-0.2, 0) is 0 Å². The highest BCUT2D eigenvalue weighted by molar-refractivity contribution is 7.19. The van der Waals surface area contributed by atoms with Crippen molar-refractivity contribution in [1.29, 1.82) is 0 Å². The molecule has 0 spiro atoms. The van der Waals surface area contributed by atoms with Crippen molar-refractivity contribution >= 4 is 51.3 Å². The number of halogens is 3. The summed E-state index contributed by atoms with van der Waals surface area (Å²) in [7, 11) is 0. The predicted molar refractivity (Wildman–Crippen MR) is 88.0 cm³/mol. The maximum absolute atomic E-state index is 6.06. The Kier molecular flexibility index (Phi) is 3.99. The highest BCUT2D eigenvalue weighted by Crippen LogP contribution is 2.38. The van der Waals surface area contributed by atoms with E-state index in [-0.39, 0.29) is 5.28 Å². The Hall–Kier alpha value is -1.40. The van der Waals surface area contributed by atoms with Crippen molar-refractivity contribution in [2.24, 2.45) is 0 Å². The summed E-state index contributed by atoms with van der Waals surface area (Å²) in [5.41, 5.74) is 7.98. The number of benzene rings is 1. The minimum atomic E-state index is 0.166. The normalized spacial score (nSPS) is 10.8. The first-order valence-electron chi connectivity index (χ1n) is 5.75. The Balaban J connectivity index is 2.17. The molecule has 0 saturated carbocycles. The molecule has 21 heavy (non-hydrogen) atoms. The number of aromatic nitrogens is 3. The molecule has 3 aromatic rings. The van der Waals surface area contributed by atoms with Crippen molar-refractivity contribution in [2.45, 2.75) is 0 Å². The first-order valence-corrected chi connectivity index (χ1v) is 7.70. The maximum Gasteiger partial charge on any atom is 0.222 e. The SMILES string of the molecule is Nc1nc(-c2ccc(Cl)c(Cl)c2)c(-c2ccnc(Cl)n2)s1. The van der Waals surface area contributed by atoms with Gasteiger partial charge in [-0.05, 0) is 29.8 Å². The minimum absolute atomic E-state index is 0.166. The fourth-order valence-corrected chi connectivity index (χ4v) is 3.08. The van der Waals surface area contributed by atoms with Crippen LogP contribution in [0.15, 0.2) is 30.5 Å². The molecule has 2 N–H and O–H groups in total. The average molecular weight is 358 g/mol. The van der Waals surface area contributed by atoms with Crippen molar-refractivity contribution < 1.29 is 0 Å². The summed E-state index contributed by atoms with van der Waals surface area (Å²) >= 11 is 19.2. The number of thiazole rings is 1. The van der Waals surface area contributed by atoms with Crippen LogP contribution in [0.3, 0.4) is 0 Å². The van der Waals surface area contributed by atoms with E-state index in [1.54, 1.807) is 24.4 Å². The zero-order valence-corrected chi connectivity index (χ0v) is 13.4. The van der Waals surface area contributed by atoms with E-state index in [9.17, 15) is 0 Å². The quantitative estimate of drug-likeness (QED) is 0.668. The topological polar surface area (TPSA) is 64.7 Å². The van der Waals surface area contributed by atoms with Gasteiger partial charge in [0.05, 0.1) is 26.3 Å². The van der Waals surface area contributed by atoms with E-state index < -0.39 is 0 Å². The zero-order chi connectivity index (χ0) is 15.0. The van der Waals surface area contributed by atoms with Crippen LogP contribution in [0.5, 0.6) is 0 Å². The van der Waals surface area contributed by atoms with Crippen LogP contribution in [0, 0.1) is 0 Å². The van der Waals surface area contributed by atoms with Gasteiger partial charge in [0.25, 0.3) is 0 Å². The highest BCUT2D eigenvalue weighted by Gasteiger charge is 2.16. The summed E-state index contributed by atoms with van der Waals surface area (Å²) in [6.07, 6.45) is 1.58. The molecule has 106 valence electrons. The van der Waals surface area contributed by atoms with Crippen molar-refractivity contribution in [3.8, 4) is 21.8 Å². The monoisotopic (exact) mass is 356 g/mol. The third kappa shape index (κ3) is 2.96. The Morgan fingerprint density at radius 3 is 2.52 bits per heavy atom. The summed E-state index contributed by atoms with van der Waals surface area (Å²) in [4.78, 5) is 13.2. The standard InChI is InChI=1S/C13H7Cl3N4S/c14-7-2-1-6(5-8(7)15)10-11(21-13(17)20-10)9-3-4-18-12(16)19-9/h1-5H,(H2,17,20). The van der Waals surface area contributed by atoms with Crippen LogP contribution >= 0.6 is 46.1 Å². The third-order valence-electron chi connectivity index (χ3n) is 2.70. The molecular formula is C13H7Cl3N4S. The Morgan fingerprint density at radius 1 is 1.00 bits per heavy atom. The summed E-state index contributed by atoms with van der Waals surface area (Å²) in [6.45, 7) is 0. The van der Waals surface area contributed by atoms with Crippen molar-refractivity contribution in [2.75, 3.05) is 5.73 Å². The molecule has 0 amide bonds. The number of hydrogen-bond acceptors (Lipinski definition) is 5. The van der Waals surface area contributed by atoms with Crippen LogP contribution in [0.1, 0.15) is 0 Å². The molecular weight excluding hydrogens is 351 g/mol. The zero-order valence-electron chi connectivity index (χ0n) is 10.3. The molecule has 3 rings (SSSR count). The molecule has 0 aliphatic heterocycles. The van der Waals surface area contributed by atoms with Crippen LogP contribution in [0.25, 0.3) is 21.8 Å². The van der Waals surface area contributed by atoms with Crippen LogP contribution < -0.4 is 5.73 Å². The van der Waals surface area contributed by atoms with Crippen LogP contribution in [-0.4, -0.2) is 15.0 Å². The summed E-state index contributed by atoms with van der Waals surface area (Å²) in [6, 6.07) is 7.03. The number of nitrogens with zero attached hydrogens (tertiary/aromatic N) is 3. The number of hydrogen-bond donors (Lipinski definition) is 1. The van der Waals surface area contributed by atoms with Crippen molar-refractivity contribution in [3.63, 3.8) is 0 Å². The summed E-state index contributed by atoms with van der Waals surface area (Å²) in [5, 5.41) is 1.53. The second-order valence-electron chi connectivity index (χ2n) is 4.07. The first-order chi connectivity index (χ1) is 10.0. The van der Waals surface area contributed by atoms with Crippen molar-refractivity contribution in [1.82, 2.24) is 15.0 Å². The molecule has 1 aromatic carbocycles. The molecule has 8 heteroatoms. The Labute approximate surface area is 139 Å². The molecule has 0 atom stereocenters. The molecule has 4 nitrogen and oxygen atoms in total. The largest absolute Gasteiger partial charge is 0.375 e. The maximum atomic E-state index is 6.06. The fourth-order valence-electron chi connectivity index (χ4n) is 1.81. The number of nitrogens with two attached hydrogens (primary N) is 1. The molecule has 0 unspecified atom stereocenters. The summed E-state index contributed by atoms with van der Waals surface area (Å²) in [5.74, 6) is 0. The molecule has 0 bridgehead atoms. The van der Waals surface area contributed by atoms with E-state index in [1.807, 2.05) is 6.07 Å². The molecule has 0 saturated heterocycles. The van der Waals surface area contributed by atoms with Gasteiger partial charge < -0.3 is 5.73 Å². The highest BCUT2D eigenvalue weighted by atomic mass is 35.5. The van der Waals surface area contributed by atoms with Gasteiger partial charge in [-0.1, -0.05) is 40.6 Å². The van der Waals surface area contributed by atoms with Gasteiger partial charge in [-0.15, -0.1) is 0 Å². The molecule has 0 aliphatic rings. The molecule has 2 heterocycles. The third-order valence-corrected chi connectivity index (χ3v) is 4.52. The minimum Gasteiger partial charge on any atom is -0.375 e. The second-order valence-corrected chi connectivity index (χ2v) is 6.25. The van der Waals surface area contributed by atoms with Gasteiger partial charge in [-0.3, -0.25) is 0 Å². The van der Waals surface area contributed by atoms with E-state index in [4.69, 9.17) is 40.5 Å². The van der Waals surface area contributed by atoms with Gasteiger partial charge in [-0.2, -0.15) is 0 Å². The van der Waals surface area contributed by atoms with E-state index >= 15 is 0 Å². The van der Waals surface area contributed by atoms with Gasteiger partial charge in [0, 0.05) is 11.8 Å². The predicted octanol–water partition coefficient (Wildman–Crippen LogP) is 4.81. The number of rotatable bonds is 2. The van der Waals surface area contributed by atoms with Gasteiger partial charge in [0.1, 0.15) is 0 Å². The smallest absolute Gasteiger partial charge is 0.222 e. The first kappa shape index (κ1) is 14.5. The lowest BCUT2D eigenvalue weighted by molar-refractivity contribution is 1.18. The lowest BCUT2D eigenvalue weighted by Crippen LogP contribution is -1.88. The van der Waals surface area contributed by atoms with E-state index in [0.29, 0.717) is 26.6 Å². The number of nitrogen functional groups attached to an aromatic ring is 1. The van der Waals surface area contributed by atoms with Crippen LogP contribution in [0.2, 0.25) is 15.3 Å². The second kappa shape index (κ2) is 5.77. The summed E-state index contributed by atoms with van der Waals surface area (Å²) < 4.78 is 0. The van der Waals surface area contributed by atoms with E-state index in [0.717, 1.165) is 10.4 Å². The molecule has 0 aliphatic carbocycles. The van der Waals surface area contributed by atoms with Gasteiger partial charge in [-0.25, -0.2) is 15.0 Å². The van der Waals surface area contributed by atoms with Gasteiger partial charge in [0.2, 0.25) is 5.28 Å². The average Bonchev–Trinajstić information content (AvgIpc) is 2.84. The lowest BCUT2D eigenvalue weighted by Gasteiger charge is -2.04. The molecule has 2 aromatic heterocycles. The van der Waals surface area contributed by atoms with E-state index in [2.05, 4.69) is 15.0 Å². The van der Waals surface area contributed by atoms with Crippen LogP contribution in [0.4, 0.5) is 5.13 Å². The number of anilines is 1. The fraction of sp³-hybridized carbons (Fsp3) is 0. The molecule has 0 radical (unpaired) electrons. The van der Waals surface area contributed by atoms with Gasteiger partial charge >= 0.3 is 0 Å². The Bertz CT molecular complexity index is 819. The van der Waals surface area contributed by atoms with E-state index in [1.165, 1.54) is 11.3 Å². The van der Waals surface area contributed by atoms with Crippen molar-refractivity contribution in [3.05, 3.63) is 45.8 Å². The lowest BCUT2D eigenvalue weighted by atomic mass is 10.1. The van der Waals surface area contributed by atoms with Gasteiger partial charge in [0.15, 0.2) is 5.13 Å². The molecule has 0 fully saturated rings. The Morgan fingerprint density at radius 2 is 1.81 bits per heavy atom.